The van der Waals surface area contributed by atoms with E-state index in [1.807, 2.05) is 18.7 Å². The van der Waals surface area contributed by atoms with Crippen LogP contribution in [0.2, 0.25) is 0 Å². The predicted molar refractivity (Wildman–Crippen MR) is 106 cm³/mol. The Kier molecular flexibility index (Phi) is 5.19. The number of rotatable bonds is 4. The summed E-state index contributed by atoms with van der Waals surface area (Å²) in [6.07, 6.45) is 5.16. The summed E-state index contributed by atoms with van der Waals surface area (Å²) in [7, 11) is 0. The number of carbonyl (C=O) groups is 1. The van der Waals surface area contributed by atoms with Crippen molar-refractivity contribution in [1.29, 1.82) is 0 Å². The number of anilines is 1. The second-order valence-electron chi connectivity index (χ2n) is 7.84. The molecule has 4 rings (SSSR count). The van der Waals surface area contributed by atoms with E-state index < -0.39 is 0 Å². The third-order valence-corrected chi connectivity index (χ3v) is 5.94. The van der Waals surface area contributed by atoms with Crippen molar-refractivity contribution >= 4 is 11.9 Å². The largest absolute Gasteiger partial charge is 0.342 e. The molecule has 0 aromatic carbocycles. The number of H-pyrrole nitrogens is 2. The molecule has 8 nitrogen and oxygen atoms in total. The van der Waals surface area contributed by atoms with Crippen LogP contribution in [-0.2, 0) is 24.2 Å². The van der Waals surface area contributed by atoms with Gasteiger partial charge in [0.2, 0.25) is 11.9 Å². The predicted octanol–water partition coefficient (Wildman–Crippen LogP) is 1.62. The first-order valence-corrected chi connectivity index (χ1v) is 10.2. The molecule has 150 valence electrons. The molecule has 2 aromatic heterocycles. The monoisotopic (exact) mass is 384 g/mol. The molecule has 2 N–H and O–H groups in total. The van der Waals surface area contributed by atoms with Crippen LogP contribution in [0.25, 0.3) is 0 Å². The number of piperidine rings is 1. The summed E-state index contributed by atoms with van der Waals surface area (Å²) >= 11 is 0. The van der Waals surface area contributed by atoms with Crippen LogP contribution in [0.3, 0.4) is 0 Å². The third kappa shape index (κ3) is 3.68. The van der Waals surface area contributed by atoms with Crippen LogP contribution in [0.15, 0.2) is 4.79 Å². The smallest absolute Gasteiger partial charge is 0.255 e. The van der Waals surface area contributed by atoms with E-state index >= 15 is 0 Å². The minimum absolute atomic E-state index is 0.0534. The maximum absolute atomic E-state index is 12.8. The number of nitrogens with one attached hydrogen (secondary N) is 2. The summed E-state index contributed by atoms with van der Waals surface area (Å²) in [5.41, 5.74) is 4.52. The second-order valence-corrected chi connectivity index (χ2v) is 7.84. The fourth-order valence-corrected chi connectivity index (χ4v) is 4.23. The summed E-state index contributed by atoms with van der Waals surface area (Å²) < 4.78 is 0. The molecule has 0 radical (unpaired) electrons. The van der Waals surface area contributed by atoms with E-state index in [1.165, 1.54) is 6.42 Å². The van der Waals surface area contributed by atoms with Crippen molar-refractivity contribution in [1.82, 2.24) is 25.1 Å². The summed E-state index contributed by atoms with van der Waals surface area (Å²) in [6.45, 7) is 6.78. The molecule has 0 unspecified atom stereocenters. The Morgan fingerprint density at radius 1 is 1.14 bits per heavy atom. The minimum Gasteiger partial charge on any atom is -0.342 e. The maximum Gasteiger partial charge on any atom is 0.255 e. The molecule has 1 saturated heterocycles. The first-order chi connectivity index (χ1) is 13.5. The van der Waals surface area contributed by atoms with Gasteiger partial charge in [-0.15, -0.1) is 0 Å². The lowest BCUT2D eigenvalue weighted by Gasteiger charge is -2.31. The highest BCUT2D eigenvalue weighted by molar-refractivity contribution is 5.76. The summed E-state index contributed by atoms with van der Waals surface area (Å²) in [4.78, 5) is 37.0. The van der Waals surface area contributed by atoms with E-state index in [9.17, 15) is 9.59 Å². The average Bonchev–Trinajstić information content (AvgIpc) is 3.04. The quantitative estimate of drug-likeness (QED) is 0.835. The number of aromatic nitrogens is 4. The molecule has 1 amide bonds. The molecular formula is C20H28N6O2. The van der Waals surface area contributed by atoms with Crippen LogP contribution in [0.5, 0.6) is 0 Å². The van der Waals surface area contributed by atoms with Crippen molar-refractivity contribution in [2.45, 2.75) is 58.9 Å². The fraction of sp³-hybridized carbons (Fsp3) is 0.600. The maximum atomic E-state index is 12.8. The van der Waals surface area contributed by atoms with E-state index in [4.69, 9.17) is 4.98 Å². The lowest BCUT2D eigenvalue weighted by Crippen LogP contribution is -2.40. The number of aryl methyl sites for hydroxylation is 2. The Morgan fingerprint density at radius 3 is 2.64 bits per heavy atom. The van der Waals surface area contributed by atoms with Crippen molar-refractivity contribution in [2.75, 3.05) is 24.5 Å². The molecule has 4 heterocycles. The number of hydrogen-bond donors (Lipinski definition) is 2. The minimum atomic E-state index is -0.0534. The molecule has 1 fully saturated rings. The first-order valence-electron chi connectivity index (χ1n) is 10.2. The molecular weight excluding hydrogens is 356 g/mol. The molecule has 0 atom stereocenters. The van der Waals surface area contributed by atoms with Gasteiger partial charge < -0.3 is 9.80 Å². The van der Waals surface area contributed by atoms with Crippen LogP contribution in [0.1, 0.15) is 53.9 Å². The molecule has 2 aromatic rings. The number of hydrogen-bond acceptors (Lipinski definition) is 5. The Bertz CT molecular complexity index is 906. The molecule has 0 saturated carbocycles. The zero-order chi connectivity index (χ0) is 19.7. The Hall–Kier alpha value is -2.64. The van der Waals surface area contributed by atoms with Gasteiger partial charge in [0, 0.05) is 37.3 Å². The van der Waals surface area contributed by atoms with Gasteiger partial charge in [-0.25, -0.2) is 4.98 Å². The van der Waals surface area contributed by atoms with Crippen molar-refractivity contribution < 1.29 is 4.79 Å². The van der Waals surface area contributed by atoms with Crippen molar-refractivity contribution in [3.63, 3.8) is 0 Å². The molecule has 2 aliphatic heterocycles. The van der Waals surface area contributed by atoms with Gasteiger partial charge in [-0.2, -0.15) is 5.10 Å². The van der Waals surface area contributed by atoms with E-state index in [0.717, 1.165) is 54.1 Å². The van der Waals surface area contributed by atoms with Gasteiger partial charge in [0.15, 0.2) is 0 Å². The van der Waals surface area contributed by atoms with Crippen molar-refractivity contribution in [3.8, 4) is 0 Å². The van der Waals surface area contributed by atoms with Gasteiger partial charge in [-0.05, 0) is 51.5 Å². The van der Waals surface area contributed by atoms with Gasteiger partial charge in [-0.3, -0.25) is 19.7 Å². The van der Waals surface area contributed by atoms with Gasteiger partial charge in [0.25, 0.3) is 5.56 Å². The number of amides is 1. The highest BCUT2D eigenvalue weighted by Crippen LogP contribution is 2.20. The standard InChI is InChI=1S/C20H28N6O2/c1-13-15(14(2)24-23-13)6-7-18(27)26-11-8-16-17(12-26)21-20(22-19(16)28)25-9-4-3-5-10-25/h3-12H2,1-2H3,(H,23,24)(H,21,22,28). The summed E-state index contributed by atoms with van der Waals surface area (Å²) in [5, 5.41) is 7.17. The van der Waals surface area contributed by atoms with Crippen LogP contribution < -0.4 is 10.5 Å². The first kappa shape index (κ1) is 18.7. The number of nitrogens with zero attached hydrogens (tertiary/aromatic N) is 4. The topological polar surface area (TPSA) is 98.0 Å². The van der Waals surface area contributed by atoms with E-state index in [-0.39, 0.29) is 11.5 Å². The SMILES string of the molecule is Cc1n[nH]c(C)c1CCC(=O)N1CCc2c(nc(N3CCCCC3)[nH]c2=O)C1. The van der Waals surface area contributed by atoms with Gasteiger partial charge in [0.1, 0.15) is 0 Å². The highest BCUT2D eigenvalue weighted by atomic mass is 16.2. The molecule has 28 heavy (non-hydrogen) atoms. The molecule has 0 bridgehead atoms. The normalized spacial score (nSPS) is 16.9. The third-order valence-electron chi connectivity index (χ3n) is 5.94. The fourth-order valence-electron chi connectivity index (χ4n) is 4.23. The second kappa shape index (κ2) is 7.77. The van der Waals surface area contributed by atoms with Crippen LogP contribution in [0, 0.1) is 13.8 Å². The number of fused-ring (bicyclic) bond motifs is 1. The van der Waals surface area contributed by atoms with Gasteiger partial charge in [0.05, 0.1) is 17.9 Å². The van der Waals surface area contributed by atoms with Crippen LogP contribution >= 0.6 is 0 Å². The molecule has 8 heteroatoms. The molecule has 2 aliphatic rings. The highest BCUT2D eigenvalue weighted by Gasteiger charge is 2.26. The average molecular weight is 384 g/mol. The molecule has 0 aliphatic carbocycles. The number of carbonyl (C=O) groups excluding carboxylic acids is 1. The number of aromatic amines is 2. The Balaban J connectivity index is 1.46. The Labute approximate surface area is 164 Å². The van der Waals surface area contributed by atoms with Crippen molar-refractivity contribution in [2.24, 2.45) is 0 Å². The van der Waals surface area contributed by atoms with E-state index in [0.29, 0.717) is 38.3 Å². The Morgan fingerprint density at radius 2 is 1.93 bits per heavy atom. The van der Waals surface area contributed by atoms with Crippen LogP contribution in [0.4, 0.5) is 5.95 Å². The lowest BCUT2D eigenvalue weighted by atomic mass is 10.0. The van der Waals surface area contributed by atoms with Gasteiger partial charge in [-0.1, -0.05) is 0 Å². The van der Waals surface area contributed by atoms with Crippen molar-refractivity contribution in [3.05, 3.63) is 38.6 Å². The lowest BCUT2D eigenvalue weighted by molar-refractivity contribution is -0.132. The van der Waals surface area contributed by atoms with Crippen LogP contribution in [-0.4, -0.2) is 50.6 Å². The van der Waals surface area contributed by atoms with E-state index in [1.54, 1.807) is 0 Å². The molecule has 0 spiro atoms. The van der Waals surface area contributed by atoms with E-state index in [2.05, 4.69) is 20.1 Å². The zero-order valence-corrected chi connectivity index (χ0v) is 16.7. The van der Waals surface area contributed by atoms with Gasteiger partial charge >= 0.3 is 0 Å². The zero-order valence-electron chi connectivity index (χ0n) is 16.7. The summed E-state index contributed by atoms with van der Waals surface area (Å²) in [6, 6.07) is 0. The summed E-state index contributed by atoms with van der Waals surface area (Å²) in [5.74, 6) is 0.759.